The van der Waals surface area contributed by atoms with Crippen molar-refractivity contribution in [2.24, 2.45) is 11.5 Å². The monoisotopic (exact) mass is 326 g/mol. The minimum atomic E-state index is -0.781. The number of hydrogen-bond acceptors (Lipinski definition) is 2. The highest BCUT2D eigenvalue weighted by molar-refractivity contribution is 5.84. The van der Waals surface area contributed by atoms with Gasteiger partial charge in [-0.1, -0.05) is 104 Å². The first-order valence-corrected chi connectivity index (χ1v) is 10.2. The zero-order valence-electron chi connectivity index (χ0n) is 15.9. The second-order valence-corrected chi connectivity index (χ2v) is 7.22. The average molecular weight is 327 g/mol. The number of hydrogen-bond donors (Lipinski definition) is 2. The Morgan fingerprint density at radius 3 is 1.35 bits per heavy atom. The van der Waals surface area contributed by atoms with Gasteiger partial charge in [0, 0.05) is 0 Å². The van der Waals surface area contributed by atoms with Crippen molar-refractivity contribution < 1.29 is 4.79 Å². The van der Waals surface area contributed by atoms with Gasteiger partial charge in [0.05, 0.1) is 5.54 Å². The first-order chi connectivity index (χ1) is 11.1. The third-order valence-electron chi connectivity index (χ3n) is 5.10. The summed E-state index contributed by atoms with van der Waals surface area (Å²) in [6.07, 6.45) is 20.1. The van der Waals surface area contributed by atoms with E-state index >= 15 is 0 Å². The Balaban J connectivity index is 3.26. The topological polar surface area (TPSA) is 69.1 Å². The van der Waals surface area contributed by atoms with Crippen molar-refractivity contribution in [3.8, 4) is 0 Å². The molecule has 0 aliphatic heterocycles. The van der Waals surface area contributed by atoms with Crippen LogP contribution in [-0.2, 0) is 4.79 Å². The van der Waals surface area contributed by atoms with Crippen LogP contribution in [0.1, 0.15) is 117 Å². The number of carbonyl (C=O) groups is 1. The summed E-state index contributed by atoms with van der Waals surface area (Å²) >= 11 is 0. The lowest BCUT2D eigenvalue weighted by molar-refractivity contribution is -0.123. The molecule has 0 aromatic rings. The first kappa shape index (κ1) is 22.4. The largest absolute Gasteiger partial charge is 0.368 e. The molecule has 3 heteroatoms. The Morgan fingerprint density at radius 2 is 1.04 bits per heavy atom. The quantitative estimate of drug-likeness (QED) is 0.349. The van der Waals surface area contributed by atoms with Gasteiger partial charge in [-0.05, 0) is 12.8 Å². The predicted molar refractivity (Wildman–Crippen MR) is 101 cm³/mol. The van der Waals surface area contributed by atoms with E-state index < -0.39 is 5.54 Å². The van der Waals surface area contributed by atoms with E-state index in [-0.39, 0.29) is 5.91 Å². The maximum Gasteiger partial charge on any atom is 0.237 e. The summed E-state index contributed by atoms with van der Waals surface area (Å²) in [6, 6.07) is 0. The highest BCUT2D eigenvalue weighted by atomic mass is 16.1. The van der Waals surface area contributed by atoms with Crippen LogP contribution < -0.4 is 11.5 Å². The number of unbranched alkanes of at least 4 members (excludes halogenated alkanes) is 13. The van der Waals surface area contributed by atoms with E-state index in [0.29, 0.717) is 6.42 Å². The molecule has 0 bridgehead atoms. The smallest absolute Gasteiger partial charge is 0.237 e. The third-order valence-corrected chi connectivity index (χ3v) is 5.10. The molecule has 0 saturated carbocycles. The van der Waals surface area contributed by atoms with Crippen LogP contribution in [0.3, 0.4) is 0 Å². The van der Waals surface area contributed by atoms with Gasteiger partial charge in [-0.15, -0.1) is 0 Å². The maximum atomic E-state index is 11.3. The van der Waals surface area contributed by atoms with Crippen LogP contribution in [0.2, 0.25) is 0 Å². The van der Waals surface area contributed by atoms with Gasteiger partial charge >= 0.3 is 0 Å². The van der Waals surface area contributed by atoms with E-state index in [2.05, 4.69) is 6.92 Å². The van der Waals surface area contributed by atoms with Crippen molar-refractivity contribution >= 4 is 5.91 Å². The van der Waals surface area contributed by atoms with Gasteiger partial charge < -0.3 is 11.5 Å². The van der Waals surface area contributed by atoms with Gasteiger partial charge in [0.1, 0.15) is 0 Å². The zero-order chi connectivity index (χ0) is 17.4. The van der Waals surface area contributed by atoms with E-state index in [0.717, 1.165) is 12.8 Å². The Labute approximate surface area is 145 Å². The lowest BCUT2D eigenvalue weighted by Gasteiger charge is -2.23. The molecular weight excluding hydrogens is 284 g/mol. The van der Waals surface area contributed by atoms with E-state index in [1.165, 1.54) is 83.5 Å². The molecular formula is C20H42N2O. The molecule has 3 nitrogen and oxygen atoms in total. The highest BCUT2D eigenvalue weighted by Gasteiger charge is 2.28. The van der Waals surface area contributed by atoms with Crippen LogP contribution in [0.4, 0.5) is 0 Å². The van der Waals surface area contributed by atoms with Crippen molar-refractivity contribution in [3.63, 3.8) is 0 Å². The van der Waals surface area contributed by atoms with Crippen molar-refractivity contribution in [3.05, 3.63) is 0 Å². The van der Waals surface area contributed by atoms with Crippen molar-refractivity contribution in [1.82, 2.24) is 0 Å². The molecule has 0 fully saturated rings. The molecule has 4 N–H and O–H groups in total. The fourth-order valence-corrected chi connectivity index (χ4v) is 3.11. The standard InChI is InChI=1S/C20H42N2O/c1-3-5-6-7-8-9-10-11-12-13-14-15-16-17-18-20(22,4-2)19(21)23/h3-18,22H2,1-2H3,(H2,21,23). The third kappa shape index (κ3) is 12.5. The van der Waals surface area contributed by atoms with E-state index in [1.807, 2.05) is 6.92 Å². The number of amides is 1. The molecule has 0 spiro atoms. The maximum absolute atomic E-state index is 11.3. The fraction of sp³-hybridized carbons (Fsp3) is 0.950. The van der Waals surface area contributed by atoms with Gasteiger partial charge in [0.25, 0.3) is 0 Å². The van der Waals surface area contributed by atoms with Crippen molar-refractivity contribution in [1.29, 1.82) is 0 Å². The van der Waals surface area contributed by atoms with Crippen LogP contribution in [0, 0.1) is 0 Å². The molecule has 1 unspecified atom stereocenters. The molecule has 0 rings (SSSR count). The summed E-state index contributed by atoms with van der Waals surface area (Å²) in [6.45, 7) is 4.21. The Hall–Kier alpha value is -0.570. The van der Waals surface area contributed by atoms with Gasteiger partial charge in [-0.3, -0.25) is 4.79 Å². The fourth-order valence-electron chi connectivity index (χ4n) is 3.11. The molecule has 0 aliphatic carbocycles. The molecule has 23 heavy (non-hydrogen) atoms. The van der Waals surface area contributed by atoms with Crippen molar-refractivity contribution in [2.45, 2.75) is 122 Å². The first-order valence-electron chi connectivity index (χ1n) is 10.2. The molecule has 0 aromatic carbocycles. The molecule has 0 aliphatic rings. The summed E-state index contributed by atoms with van der Waals surface area (Å²) < 4.78 is 0. The zero-order valence-corrected chi connectivity index (χ0v) is 15.9. The van der Waals surface area contributed by atoms with Crippen LogP contribution in [-0.4, -0.2) is 11.4 Å². The minimum Gasteiger partial charge on any atom is -0.368 e. The number of rotatable bonds is 17. The lowest BCUT2D eigenvalue weighted by Crippen LogP contribution is -2.51. The minimum absolute atomic E-state index is 0.352. The Kier molecular flexibility index (Phi) is 14.6. The van der Waals surface area contributed by atoms with Crippen LogP contribution in [0.25, 0.3) is 0 Å². The number of nitrogens with two attached hydrogens (primary N) is 2. The van der Waals surface area contributed by atoms with E-state index in [4.69, 9.17) is 11.5 Å². The van der Waals surface area contributed by atoms with Crippen LogP contribution >= 0.6 is 0 Å². The van der Waals surface area contributed by atoms with Gasteiger partial charge in [-0.2, -0.15) is 0 Å². The summed E-state index contributed by atoms with van der Waals surface area (Å²) in [5.41, 5.74) is 10.6. The number of carbonyl (C=O) groups excluding carboxylic acids is 1. The SMILES string of the molecule is CCCCCCCCCCCCCCCCC(N)(CC)C(N)=O. The predicted octanol–water partition coefficient (Wildman–Crippen LogP) is 5.45. The van der Waals surface area contributed by atoms with Crippen LogP contribution in [0.5, 0.6) is 0 Å². The van der Waals surface area contributed by atoms with E-state index in [9.17, 15) is 4.79 Å². The molecule has 0 aromatic heterocycles. The Morgan fingerprint density at radius 1 is 0.696 bits per heavy atom. The van der Waals surface area contributed by atoms with Gasteiger partial charge in [0.15, 0.2) is 0 Å². The van der Waals surface area contributed by atoms with E-state index in [1.54, 1.807) is 0 Å². The highest BCUT2D eigenvalue weighted by Crippen LogP contribution is 2.18. The molecule has 1 atom stereocenters. The summed E-state index contributed by atoms with van der Waals surface area (Å²) in [5, 5.41) is 0. The van der Waals surface area contributed by atoms with Gasteiger partial charge in [0.2, 0.25) is 5.91 Å². The molecule has 0 saturated heterocycles. The van der Waals surface area contributed by atoms with Gasteiger partial charge in [-0.25, -0.2) is 0 Å². The second-order valence-electron chi connectivity index (χ2n) is 7.22. The normalized spacial score (nSPS) is 13.9. The van der Waals surface area contributed by atoms with Crippen molar-refractivity contribution in [2.75, 3.05) is 0 Å². The average Bonchev–Trinajstić information content (AvgIpc) is 2.54. The second kappa shape index (κ2) is 15.0. The Bertz CT molecular complexity index is 281. The number of primary amides is 1. The molecule has 138 valence electrons. The molecule has 0 radical (unpaired) electrons. The summed E-state index contributed by atoms with van der Waals surface area (Å²) in [7, 11) is 0. The summed E-state index contributed by atoms with van der Waals surface area (Å²) in [4.78, 5) is 11.3. The summed E-state index contributed by atoms with van der Waals surface area (Å²) in [5.74, 6) is -0.352. The lowest BCUT2D eigenvalue weighted by atomic mass is 9.89. The molecule has 1 amide bonds. The molecule has 0 heterocycles. The van der Waals surface area contributed by atoms with Crippen LogP contribution in [0.15, 0.2) is 0 Å².